The van der Waals surface area contributed by atoms with Crippen molar-refractivity contribution < 1.29 is 14.3 Å². The first-order valence-electron chi connectivity index (χ1n) is 10.4. The highest BCUT2D eigenvalue weighted by Gasteiger charge is 2.26. The van der Waals surface area contributed by atoms with Crippen LogP contribution in [0.15, 0.2) is 4.99 Å². The van der Waals surface area contributed by atoms with E-state index in [-0.39, 0.29) is 24.5 Å². The molecule has 3 rings (SSSR count). The normalized spacial score (nSPS) is 23.6. The van der Waals surface area contributed by atoms with Crippen LogP contribution in [0.3, 0.4) is 0 Å². The number of nitrogens with zero attached hydrogens (tertiary/aromatic N) is 4. The Kier molecular flexibility index (Phi) is 7.50. The maximum absolute atomic E-state index is 12.0. The Morgan fingerprint density at radius 3 is 2.50 bits per heavy atom. The molecule has 2 amide bonds. The van der Waals surface area contributed by atoms with Crippen molar-refractivity contribution in [3.8, 4) is 0 Å². The quantitative estimate of drug-likeness (QED) is 0.430. The molecule has 158 valence electrons. The Morgan fingerprint density at radius 1 is 1.14 bits per heavy atom. The average Bonchev–Trinajstić information content (AvgIpc) is 3.32. The van der Waals surface area contributed by atoms with Crippen molar-refractivity contribution in [2.75, 3.05) is 66.5 Å². The first-order valence-corrected chi connectivity index (χ1v) is 10.4. The Labute approximate surface area is 167 Å². The first kappa shape index (κ1) is 20.9. The first-order chi connectivity index (χ1) is 13.5. The SMILES string of the molecule is CN(C)C(=O)CN=C(NCC1CCCO1)N1CCN(CC(=O)NC2CC2)CC1. The van der Waals surface area contributed by atoms with Gasteiger partial charge in [-0.2, -0.15) is 0 Å². The van der Waals surface area contributed by atoms with Gasteiger partial charge in [-0.3, -0.25) is 14.5 Å². The molecule has 9 nitrogen and oxygen atoms in total. The number of nitrogens with one attached hydrogen (secondary N) is 2. The third-order valence-corrected chi connectivity index (χ3v) is 5.36. The summed E-state index contributed by atoms with van der Waals surface area (Å²) in [5.74, 6) is 0.859. The van der Waals surface area contributed by atoms with Gasteiger partial charge >= 0.3 is 0 Å². The second-order valence-electron chi connectivity index (χ2n) is 8.05. The molecule has 1 saturated carbocycles. The van der Waals surface area contributed by atoms with Crippen LogP contribution in [0.2, 0.25) is 0 Å². The number of carbonyl (C=O) groups is 2. The summed E-state index contributed by atoms with van der Waals surface area (Å²) in [4.78, 5) is 34.4. The number of carbonyl (C=O) groups excluding carboxylic acids is 2. The van der Waals surface area contributed by atoms with Crippen molar-refractivity contribution in [1.29, 1.82) is 0 Å². The number of aliphatic imine (C=N–C) groups is 1. The molecule has 9 heteroatoms. The van der Waals surface area contributed by atoms with E-state index >= 15 is 0 Å². The third-order valence-electron chi connectivity index (χ3n) is 5.36. The van der Waals surface area contributed by atoms with Crippen molar-refractivity contribution in [3.63, 3.8) is 0 Å². The molecule has 0 bridgehead atoms. The van der Waals surface area contributed by atoms with Crippen molar-refractivity contribution >= 4 is 17.8 Å². The lowest BCUT2D eigenvalue weighted by atomic mass is 10.2. The molecule has 0 aromatic heterocycles. The summed E-state index contributed by atoms with van der Waals surface area (Å²) in [6.07, 6.45) is 4.59. The zero-order valence-electron chi connectivity index (χ0n) is 17.2. The van der Waals surface area contributed by atoms with Crippen LogP contribution in [-0.2, 0) is 14.3 Å². The van der Waals surface area contributed by atoms with Crippen LogP contribution in [0.1, 0.15) is 25.7 Å². The molecule has 2 saturated heterocycles. The molecule has 2 aliphatic heterocycles. The lowest BCUT2D eigenvalue weighted by Gasteiger charge is -2.36. The monoisotopic (exact) mass is 394 g/mol. The number of guanidine groups is 1. The van der Waals surface area contributed by atoms with Gasteiger partial charge in [0.2, 0.25) is 11.8 Å². The summed E-state index contributed by atoms with van der Waals surface area (Å²) in [5, 5.41) is 6.44. The molecule has 1 aliphatic carbocycles. The second-order valence-corrected chi connectivity index (χ2v) is 8.05. The van der Waals surface area contributed by atoms with Gasteiger partial charge in [-0.25, -0.2) is 4.99 Å². The fourth-order valence-corrected chi connectivity index (χ4v) is 3.38. The molecule has 2 heterocycles. The topological polar surface area (TPSA) is 89.5 Å². The smallest absolute Gasteiger partial charge is 0.243 e. The van der Waals surface area contributed by atoms with Gasteiger partial charge in [0.25, 0.3) is 0 Å². The van der Waals surface area contributed by atoms with E-state index in [9.17, 15) is 9.59 Å². The van der Waals surface area contributed by atoms with Crippen LogP contribution in [0.25, 0.3) is 0 Å². The lowest BCUT2D eigenvalue weighted by molar-refractivity contribution is -0.127. The minimum Gasteiger partial charge on any atom is -0.376 e. The van der Waals surface area contributed by atoms with Crippen molar-refractivity contribution in [1.82, 2.24) is 25.3 Å². The van der Waals surface area contributed by atoms with E-state index in [2.05, 4.69) is 25.4 Å². The van der Waals surface area contributed by atoms with Gasteiger partial charge in [0.15, 0.2) is 5.96 Å². The van der Waals surface area contributed by atoms with E-state index in [4.69, 9.17) is 4.74 Å². The Morgan fingerprint density at radius 2 is 1.89 bits per heavy atom. The number of hydrogen-bond donors (Lipinski definition) is 2. The number of hydrogen-bond acceptors (Lipinski definition) is 5. The molecule has 3 fully saturated rings. The fourth-order valence-electron chi connectivity index (χ4n) is 3.38. The number of rotatable bonds is 7. The fraction of sp³-hybridized carbons (Fsp3) is 0.842. The molecule has 28 heavy (non-hydrogen) atoms. The zero-order chi connectivity index (χ0) is 19.9. The average molecular weight is 395 g/mol. The highest BCUT2D eigenvalue weighted by molar-refractivity contribution is 5.85. The van der Waals surface area contributed by atoms with Crippen molar-refractivity contribution in [2.45, 2.75) is 37.8 Å². The highest BCUT2D eigenvalue weighted by Crippen LogP contribution is 2.18. The van der Waals surface area contributed by atoms with E-state index in [1.165, 1.54) is 0 Å². The van der Waals surface area contributed by atoms with E-state index in [0.29, 0.717) is 19.1 Å². The van der Waals surface area contributed by atoms with E-state index in [1.807, 2.05) is 0 Å². The van der Waals surface area contributed by atoms with Gasteiger partial charge < -0.3 is 25.2 Å². The summed E-state index contributed by atoms with van der Waals surface area (Å²) >= 11 is 0. The Bertz CT molecular complexity index is 564. The van der Waals surface area contributed by atoms with Crippen LogP contribution in [0.4, 0.5) is 0 Å². The second kappa shape index (κ2) is 10.1. The molecule has 0 aromatic carbocycles. The standard InChI is InChI=1S/C19H34N6O3/c1-23(2)18(27)13-21-19(20-12-16-4-3-11-28-16)25-9-7-24(8-10-25)14-17(26)22-15-5-6-15/h15-16H,3-14H2,1-2H3,(H,20,21)(H,22,26). The minimum atomic E-state index is -0.0215. The van der Waals surface area contributed by atoms with Gasteiger partial charge in [-0.05, 0) is 25.7 Å². The summed E-state index contributed by atoms with van der Waals surface area (Å²) in [5.41, 5.74) is 0. The van der Waals surface area contributed by atoms with Crippen LogP contribution in [0, 0.1) is 0 Å². The molecule has 1 atom stereocenters. The maximum atomic E-state index is 12.0. The van der Waals surface area contributed by atoms with Gasteiger partial charge in [0.05, 0.1) is 12.6 Å². The number of piperazine rings is 1. The van der Waals surface area contributed by atoms with Crippen molar-refractivity contribution in [3.05, 3.63) is 0 Å². The maximum Gasteiger partial charge on any atom is 0.243 e. The van der Waals surface area contributed by atoms with Crippen LogP contribution in [0.5, 0.6) is 0 Å². The van der Waals surface area contributed by atoms with E-state index in [0.717, 1.165) is 64.4 Å². The van der Waals surface area contributed by atoms with Crippen LogP contribution >= 0.6 is 0 Å². The molecule has 1 unspecified atom stereocenters. The van der Waals surface area contributed by atoms with Gasteiger partial charge in [0.1, 0.15) is 6.54 Å². The van der Waals surface area contributed by atoms with E-state index < -0.39 is 0 Å². The molecule has 0 spiro atoms. The zero-order valence-corrected chi connectivity index (χ0v) is 17.2. The molecular formula is C19H34N6O3. The summed E-state index contributed by atoms with van der Waals surface area (Å²) < 4.78 is 5.69. The molecule has 0 aromatic rings. The minimum absolute atomic E-state index is 0.0215. The predicted molar refractivity (Wildman–Crippen MR) is 107 cm³/mol. The molecule has 0 radical (unpaired) electrons. The van der Waals surface area contributed by atoms with Gasteiger partial charge in [0, 0.05) is 59.5 Å². The van der Waals surface area contributed by atoms with E-state index in [1.54, 1.807) is 19.0 Å². The largest absolute Gasteiger partial charge is 0.376 e. The molecular weight excluding hydrogens is 360 g/mol. The third kappa shape index (κ3) is 6.63. The van der Waals surface area contributed by atoms with Crippen LogP contribution in [-0.4, -0.2) is 111 Å². The summed E-state index contributed by atoms with van der Waals surface area (Å²) in [6, 6.07) is 0.406. The highest BCUT2D eigenvalue weighted by atomic mass is 16.5. The lowest BCUT2D eigenvalue weighted by Crippen LogP contribution is -2.55. The van der Waals surface area contributed by atoms with Crippen molar-refractivity contribution in [2.24, 2.45) is 4.99 Å². The van der Waals surface area contributed by atoms with Gasteiger partial charge in [-0.15, -0.1) is 0 Å². The number of amides is 2. The number of ether oxygens (including phenoxy) is 1. The summed E-state index contributed by atoms with van der Waals surface area (Å²) in [6.45, 7) is 5.29. The predicted octanol–water partition coefficient (Wildman–Crippen LogP) is -0.905. The Balaban J connectivity index is 1.49. The molecule has 3 aliphatic rings. The number of likely N-dealkylation sites (N-methyl/N-ethyl adjacent to an activating group) is 1. The van der Waals surface area contributed by atoms with Crippen LogP contribution < -0.4 is 10.6 Å². The Hall–Kier alpha value is -1.87. The summed E-state index contributed by atoms with van der Waals surface area (Å²) in [7, 11) is 3.48. The molecule has 2 N–H and O–H groups in total. The van der Waals surface area contributed by atoms with Gasteiger partial charge in [-0.1, -0.05) is 0 Å².